The molecule has 0 saturated heterocycles. The second kappa shape index (κ2) is 8.26. The molecule has 0 N–H and O–H groups in total. The average molecular weight is 375 g/mol. The maximum Gasteiger partial charge on any atom is 0.208 e. The van der Waals surface area contributed by atoms with E-state index in [1.807, 2.05) is 36.9 Å². The fourth-order valence-electron chi connectivity index (χ4n) is 3.31. The van der Waals surface area contributed by atoms with Crippen LogP contribution in [0.3, 0.4) is 0 Å². The van der Waals surface area contributed by atoms with Crippen LogP contribution in [0, 0.1) is 0 Å². The Balaban J connectivity index is 1.93. The zero-order valence-corrected chi connectivity index (χ0v) is 16.6. The molecule has 1 heterocycles. The minimum atomic E-state index is -0.104. The van der Waals surface area contributed by atoms with E-state index in [2.05, 4.69) is 13.5 Å². The van der Waals surface area contributed by atoms with Gasteiger partial charge >= 0.3 is 0 Å². The fourth-order valence-corrected chi connectivity index (χ4v) is 3.31. The molecular formula is C24H25NO3. The van der Waals surface area contributed by atoms with Crippen LogP contribution >= 0.6 is 0 Å². The van der Waals surface area contributed by atoms with E-state index in [1.54, 1.807) is 24.3 Å². The lowest BCUT2D eigenvalue weighted by Gasteiger charge is -2.22. The number of allylic oxidation sites excluding steroid dienone is 1. The van der Waals surface area contributed by atoms with Crippen molar-refractivity contribution < 1.29 is 9.21 Å². The number of aryl methyl sites for hydroxylation is 1. The van der Waals surface area contributed by atoms with E-state index in [1.165, 1.54) is 6.26 Å². The van der Waals surface area contributed by atoms with Gasteiger partial charge in [0.05, 0.1) is 16.6 Å². The van der Waals surface area contributed by atoms with Crippen LogP contribution in [0.1, 0.15) is 36.7 Å². The molecule has 0 fully saturated rings. The number of likely N-dealkylation sites (N-methyl/N-ethyl adjacent to an activating group) is 1. The summed E-state index contributed by atoms with van der Waals surface area (Å²) in [6.45, 7) is 11.4. The summed E-state index contributed by atoms with van der Waals surface area (Å²) in [5.41, 5.74) is 3.89. The first kappa shape index (κ1) is 19.6. The lowest BCUT2D eigenvalue weighted by Crippen LogP contribution is -2.26. The number of rotatable bonds is 7. The lowest BCUT2D eigenvalue weighted by atomic mass is 10.0. The largest absolute Gasteiger partial charge is 0.463 e. The van der Waals surface area contributed by atoms with Crippen molar-refractivity contribution in [1.29, 1.82) is 0 Å². The van der Waals surface area contributed by atoms with Crippen molar-refractivity contribution in [2.45, 2.75) is 27.2 Å². The molecule has 28 heavy (non-hydrogen) atoms. The first-order valence-electron chi connectivity index (χ1n) is 9.63. The number of Topliss-reactive ketones (excluding diaryl/α,β-unsaturated/α-hetero) is 1. The summed E-state index contributed by atoms with van der Waals surface area (Å²) >= 11 is 0. The van der Waals surface area contributed by atoms with Crippen LogP contribution in [-0.4, -0.2) is 23.8 Å². The van der Waals surface area contributed by atoms with Crippen molar-refractivity contribution in [3.8, 4) is 11.1 Å². The van der Waals surface area contributed by atoms with E-state index >= 15 is 0 Å². The molecule has 3 aromatic rings. The number of hydrogen-bond acceptors (Lipinski definition) is 4. The van der Waals surface area contributed by atoms with E-state index < -0.39 is 0 Å². The minimum Gasteiger partial charge on any atom is -0.463 e. The van der Waals surface area contributed by atoms with Gasteiger partial charge in [-0.15, -0.1) is 0 Å². The van der Waals surface area contributed by atoms with Gasteiger partial charge in [0, 0.05) is 18.7 Å². The summed E-state index contributed by atoms with van der Waals surface area (Å²) in [5.74, 6) is -0.104. The summed E-state index contributed by atoms with van der Waals surface area (Å²) in [6.07, 6.45) is 2.38. The van der Waals surface area contributed by atoms with Crippen LogP contribution < -0.4 is 5.43 Å². The van der Waals surface area contributed by atoms with Crippen molar-refractivity contribution in [3.63, 3.8) is 0 Å². The lowest BCUT2D eigenvalue weighted by molar-refractivity contribution is 0.0994. The molecule has 0 aliphatic carbocycles. The van der Waals surface area contributed by atoms with Crippen molar-refractivity contribution in [2.24, 2.45) is 0 Å². The molecule has 0 aliphatic heterocycles. The zero-order chi connectivity index (χ0) is 20.3. The van der Waals surface area contributed by atoms with Gasteiger partial charge in [-0.1, -0.05) is 43.8 Å². The Morgan fingerprint density at radius 1 is 1.04 bits per heavy atom. The van der Waals surface area contributed by atoms with Gasteiger partial charge in [-0.3, -0.25) is 9.59 Å². The summed E-state index contributed by atoms with van der Waals surface area (Å²) in [5, 5.41) is 0.560. The molecule has 0 unspecified atom stereocenters. The zero-order valence-electron chi connectivity index (χ0n) is 16.6. The molecule has 0 spiro atoms. The third-order valence-corrected chi connectivity index (χ3v) is 5.11. The molecule has 4 heteroatoms. The number of fused-ring (bicyclic) bond motifs is 1. The molecule has 0 saturated carbocycles. The van der Waals surface area contributed by atoms with Crippen LogP contribution in [0.15, 0.2) is 70.2 Å². The fraction of sp³-hybridized carbons (Fsp3) is 0.250. The van der Waals surface area contributed by atoms with Crippen LogP contribution in [0.25, 0.3) is 22.1 Å². The van der Waals surface area contributed by atoms with Gasteiger partial charge in [0.25, 0.3) is 0 Å². The topological polar surface area (TPSA) is 50.5 Å². The average Bonchev–Trinajstić information content (AvgIpc) is 2.74. The van der Waals surface area contributed by atoms with Crippen LogP contribution in [0.4, 0.5) is 0 Å². The molecule has 2 aromatic carbocycles. The van der Waals surface area contributed by atoms with Crippen molar-refractivity contribution in [3.05, 3.63) is 82.4 Å². The number of carbonyl (C=O) groups is 1. The summed E-state index contributed by atoms with van der Waals surface area (Å²) < 4.78 is 5.71. The third-order valence-electron chi connectivity index (χ3n) is 5.11. The van der Waals surface area contributed by atoms with Crippen LogP contribution in [0.2, 0.25) is 0 Å². The number of carbonyl (C=O) groups excluding carboxylic acids is 1. The Bertz CT molecular complexity index is 1070. The normalized spacial score (nSPS) is 10.8. The van der Waals surface area contributed by atoms with Gasteiger partial charge in [-0.05, 0) is 43.5 Å². The minimum absolute atomic E-state index is 0.0736. The standard InChI is InChI=1S/C24H25NO3/c1-5-17-8-13-20-22(14-17)28-15-21(24(20)27)18-9-11-19(12-10-18)23(26)16(4)25(6-2)7-3/h8-15H,4-7H2,1-3H3. The molecule has 4 nitrogen and oxygen atoms in total. The molecule has 0 aliphatic rings. The highest BCUT2D eigenvalue weighted by Crippen LogP contribution is 2.22. The Hall–Kier alpha value is -3.14. The Morgan fingerprint density at radius 3 is 2.32 bits per heavy atom. The van der Waals surface area contributed by atoms with Gasteiger partial charge in [0.1, 0.15) is 11.8 Å². The molecule has 144 valence electrons. The van der Waals surface area contributed by atoms with E-state index in [0.717, 1.165) is 30.6 Å². The van der Waals surface area contributed by atoms with Gasteiger partial charge in [-0.25, -0.2) is 0 Å². The highest BCUT2D eigenvalue weighted by atomic mass is 16.3. The van der Waals surface area contributed by atoms with Gasteiger partial charge in [0.2, 0.25) is 5.78 Å². The van der Waals surface area contributed by atoms with Crippen molar-refractivity contribution in [2.75, 3.05) is 13.1 Å². The predicted octanol–water partition coefficient (Wildman–Crippen LogP) is 5.06. The van der Waals surface area contributed by atoms with E-state index in [4.69, 9.17) is 4.42 Å². The van der Waals surface area contributed by atoms with Crippen LogP contribution in [0.5, 0.6) is 0 Å². The van der Waals surface area contributed by atoms with Crippen LogP contribution in [-0.2, 0) is 6.42 Å². The van der Waals surface area contributed by atoms with Crippen molar-refractivity contribution >= 4 is 16.8 Å². The van der Waals surface area contributed by atoms with E-state index in [9.17, 15) is 9.59 Å². The van der Waals surface area contributed by atoms with Gasteiger partial charge in [-0.2, -0.15) is 0 Å². The highest BCUT2D eigenvalue weighted by molar-refractivity contribution is 6.08. The monoisotopic (exact) mass is 375 g/mol. The first-order chi connectivity index (χ1) is 13.5. The maximum absolute atomic E-state index is 12.9. The number of benzene rings is 2. The third kappa shape index (κ3) is 3.63. The predicted molar refractivity (Wildman–Crippen MR) is 114 cm³/mol. The summed E-state index contributed by atoms with van der Waals surface area (Å²) in [6, 6.07) is 12.7. The highest BCUT2D eigenvalue weighted by Gasteiger charge is 2.16. The molecule has 1 aromatic heterocycles. The van der Waals surface area contributed by atoms with E-state index in [0.29, 0.717) is 27.8 Å². The van der Waals surface area contributed by atoms with E-state index in [-0.39, 0.29) is 11.2 Å². The number of nitrogens with zero attached hydrogens (tertiary/aromatic N) is 1. The Kier molecular flexibility index (Phi) is 5.78. The molecular weight excluding hydrogens is 350 g/mol. The quantitative estimate of drug-likeness (QED) is 0.428. The molecule has 0 radical (unpaired) electrons. The summed E-state index contributed by atoms with van der Waals surface area (Å²) in [7, 11) is 0. The molecule has 0 amide bonds. The molecule has 3 rings (SSSR count). The molecule has 0 bridgehead atoms. The SMILES string of the molecule is C=C(C(=O)c1ccc(-c2coc3cc(CC)ccc3c2=O)cc1)N(CC)CC. The van der Waals surface area contributed by atoms with Crippen molar-refractivity contribution in [1.82, 2.24) is 4.90 Å². The summed E-state index contributed by atoms with van der Waals surface area (Å²) in [4.78, 5) is 27.4. The number of ketones is 1. The Morgan fingerprint density at radius 2 is 1.71 bits per heavy atom. The van der Waals surface area contributed by atoms with Gasteiger partial charge < -0.3 is 9.32 Å². The smallest absolute Gasteiger partial charge is 0.208 e. The van der Waals surface area contributed by atoms with Gasteiger partial charge in [0.15, 0.2) is 5.43 Å². The second-order valence-corrected chi connectivity index (χ2v) is 6.69. The molecule has 0 atom stereocenters. The second-order valence-electron chi connectivity index (χ2n) is 6.69. The Labute approximate surface area is 165 Å². The first-order valence-corrected chi connectivity index (χ1v) is 9.63. The number of hydrogen-bond donors (Lipinski definition) is 0. The maximum atomic E-state index is 12.9.